The molecule has 7 nitrogen and oxygen atoms in total. The molecule has 0 saturated carbocycles. The number of aliphatic imine (C=N–C) groups is 1. The molecule has 3 atom stereocenters. The Balaban J connectivity index is 1.94. The van der Waals surface area contributed by atoms with Crippen LogP contribution in [0.5, 0.6) is 0 Å². The van der Waals surface area contributed by atoms with Gasteiger partial charge in [0.2, 0.25) is 0 Å². The van der Waals surface area contributed by atoms with Crippen LogP contribution in [-0.2, 0) is 14.8 Å². The van der Waals surface area contributed by atoms with Crippen molar-refractivity contribution in [1.82, 2.24) is 4.31 Å². The van der Waals surface area contributed by atoms with Gasteiger partial charge in [-0.15, -0.1) is 0 Å². The molecular weight excluding hydrogens is 604 g/mol. The molecular formula is C28H27Cl2F3N2O5S. The molecule has 0 fully saturated rings. The monoisotopic (exact) mass is 630 g/mol. The highest BCUT2D eigenvalue weighted by molar-refractivity contribution is 7.89. The molecule has 2 aromatic carbocycles. The molecule has 0 bridgehead atoms. The van der Waals surface area contributed by atoms with Gasteiger partial charge in [0, 0.05) is 10.6 Å². The number of carbonyl (C=O) groups is 1. The molecule has 0 aromatic heterocycles. The van der Waals surface area contributed by atoms with Crippen molar-refractivity contribution in [2.75, 3.05) is 0 Å². The number of sulfonamides is 1. The van der Waals surface area contributed by atoms with Crippen LogP contribution in [0, 0.1) is 5.41 Å². The zero-order chi connectivity index (χ0) is 30.7. The van der Waals surface area contributed by atoms with Crippen molar-refractivity contribution in [3.05, 3.63) is 87.1 Å². The quantitative estimate of drug-likeness (QED) is 0.364. The van der Waals surface area contributed by atoms with Crippen LogP contribution in [-0.4, -0.2) is 47.5 Å². The van der Waals surface area contributed by atoms with E-state index in [2.05, 4.69) is 4.99 Å². The van der Waals surface area contributed by atoms with Crippen LogP contribution in [0.3, 0.4) is 0 Å². The Labute approximate surface area is 246 Å². The normalized spacial score (nSPS) is 22.0. The Bertz CT molecular complexity index is 1600. The van der Waals surface area contributed by atoms with E-state index in [1.807, 2.05) is 0 Å². The van der Waals surface area contributed by atoms with Gasteiger partial charge in [-0.2, -0.15) is 13.2 Å². The molecule has 0 amide bonds. The van der Waals surface area contributed by atoms with Gasteiger partial charge >= 0.3 is 12.1 Å². The number of hydrogen-bond acceptors (Lipinski definition) is 6. The largest absolute Gasteiger partial charge is 0.456 e. The number of nitrogens with zero attached hydrogens (tertiary/aromatic N) is 2. The fourth-order valence-corrected chi connectivity index (χ4v) is 6.99. The van der Waals surface area contributed by atoms with Crippen molar-refractivity contribution in [3.8, 4) is 0 Å². The molecule has 4 rings (SSSR count). The van der Waals surface area contributed by atoms with Gasteiger partial charge in [-0.25, -0.2) is 17.5 Å². The van der Waals surface area contributed by atoms with Crippen LogP contribution >= 0.6 is 23.2 Å². The van der Waals surface area contributed by atoms with E-state index in [4.69, 9.17) is 27.9 Å². The van der Waals surface area contributed by atoms with E-state index in [0.717, 1.165) is 6.08 Å². The maximum absolute atomic E-state index is 14.0. The Kier molecular flexibility index (Phi) is 7.92. The molecule has 2 aliphatic rings. The number of fused-ring (bicyclic) bond motifs is 1. The molecule has 0 aliphatic carbocycles. The fraction of sp³-hybridized carbons (Fsp3) is 0.357. The number of alkyl halides is 3. The zero-order valence-corrected chi connectivity index (χ0v) is 25.0. The Hall–Kier alpha value is -2.86. The van der Waals surface area contributed by atoms with Gasteiger partial charge in [0.05, 0.1) is 26.6 Å². The summed E-state index contributed by atoms with van der Waals surface area (Å²) in [5.74, 6) is -0.819. The zero-order valence-electron chi connectivity index (χ0n) is 22.6. The Morgan fingerprint density at radius 2 is 1.73 bits per heavy atom. The lowest BCUT2D eigenvalue weighted by Gasteiger charge is -2.38. The van der Waals surface area contributed by atoms with Crippen molar-refractivity contribution in [3.63, 3.8) is 0 Å². The second-order valence-corrected chi connectivity index (χ2v) is 13.5. The van der Waals surface area contributed by atoms with Crippen molar-refractivity contribution in [2.45, 2.75) is 63.6 Å². The number of benzene rings is 2. The third kappa shape index (κ3) is 5.64. The molecule has 2 aromatic rings. The van der Waals surface area contributed by atoms with Crippen LogP contribution in [0.2, 0.25) is 10.0 Å². The second kappa shape index (κ2) is 10.4. The molecule has 41 heavy (non-hydrogen) atoms. The highest BCUT2D eigenvalue weighted by Crippen LogP contribution is 2.52. The molecule has 1 N–H and O–H groups in total. The van der Waals surface area contributed by atoms with E-state index >= 15 is 0 Å². The first kappa shape index (κ1) is 31.1. The number of hydrogen-bond donors (Lipinski definition) is 1. The van der Waals surface area contributed by atoms with Gasteiger partial charge in [-0.05, 0) is 71.0 Å². The van der Waals surface area contributed by atoms with Gasteiger partial charge < -0.3 is 9.84 Å². The van der Waals surface area contributed by atoms with Crippen LogP contribution in [0.4, 0.5) is 13.2 Å². The summed E-state index contributed by atoms with van der Waals surface area (Å²) in [6.07, 6.45) is -6.20. The lowest BCUT2D eigenvalue weighted by atomic mass is 9.78. The number of dihydropyridines is 1. The van der Waals surface area contributed by atoms with Crippen molar-refractivity contribution in [2.24, 2.45) is 10.4 Å². The number of rotatable bonds is 5. The predicted molar refractivity (Wildman–Crippen MR) is 149 cm³/mol. The molecule has 0 saturated heterocycles. The minimum atomic E-state index is -4.86. The van der Waals surface area contributed by atoms with E-state index in [1.165, 1.54) is 56.3 Å². The average molecular weight is 632 g/mol. The van der Waals surface area contributed by atoms with E-state index in [9.17, 15) is 31.5 Å². The SMILES string of the molecule is CC1=CC(C(F)(F)F)=NC2N(S(=O)(=O)c3ccccc3)C(C(O)c3c(Cl)ccc(C(=O)OC(C)(C)C)c3Cl)=CC12C. The highest BCUT2D eigenvalue weighted by Gasteiger charge is 2.55. The number of ether oxygens (including phenoxy) is 1. The lowest BCUT2D eigenvalue weighted by Crippen LogP contribution is -2.46. The first-order valence-corrected chi connectivity index (χ1v) is 14.5. The first-order valence-electron chi connectivity index (χ1n) is 12.3. The van der Waals surface area contributed by atoms with Gasteiger partial charge in [0.25, 0.3) is 10.0 Å². The van der Waals surface area contributed by atoms with Crippen molar-refractivity contribution in [1.29, 1.82) is 0 Å². The minimum absolute atomic E-state index is 0.112. The smallest absolute Gasteiger partial charge is 0.432 e. The summed E-state index contributed by atoms with van der Waals surface area (Å²) in [7, 11) is -4.59. The number of esters is 1. The summed E-state index contributed by atoms with van der Waals surface area (Å²) in [6, 6.07) is 9.62. The van der Waals surface area contributed by atoms with Crippen molar-refractivity contribution >= 4 is 44.9 Å². The number of allylic oxidation sites excluding steroid dienone is 1. The first-order chi connectivity index (χ1) is 18.8. The maximum Gasteiger partial charge on any atom is 0.432 e. The summed E-state index contributed by atoms with van der Waals surface area (Å²) in [5.41, 5.74) is -4.05. The lowest BCUT2D eigenvalue weighted by molar-refractivity contribution is -0.0588. The molecule has 3 unspecified atom stereocenters. The second-order valence-electron chi connectivity index (χ2n) is 10.9. The number of aliphatic hydroxyl groups excluding tert-OH is 1. The standard InChI is InChI=1S/C28H27Cl2F3N2O5S/c1-15-13-20(28(31,32)33)34-25-27(15,5)14-19(35(25)41(38,39)16-9-7-6-8-10-16)23(36)21-18(29)12-11-17(22(21)30)24(37)40-26(2,3)4/h6-14,23,25,36H,1-5H3. The van der Waals surface area contributed by atoms with Gasteiger partial charge in [-0.1, -0.05) is 47.0 Å². The predicted octanol–water partition coefficient (Wildman–Crippen LogP) is 6.87. The molecule has 13 heteroatoms. The highest BCUT2D eigenvalue weighted by atomic mass is 35.5. The number of aliphatic hydroxyl groups is 1. The summed E-state index contributed by atoms with van der Waals surface area (Å²) in [6.45, 7) is 7.89. The van der Waals surface area contributed by atoms with E-state index < -0.39 is 51.2 Å². The summed E-state index contributed by atoms with van der Waals surface area (Å²) < 4.78 is 75.5. The summed E-state index contributed by atoms with van der Waals surface area (Å²) >= 11 is 13.0. The fourth-order valence-electron chi connectivity index (χ4n) is 4.65. The number of carbonyl (C=O) groups excluding carboxylic acids is 1. The maximum atomic E-state index is 14.0. The molecule has 2 heterocycles. The molecule has 220 valence electrons. The minimum Gasteiger partial charge on any atom is -0.456 e. The topological polar surface area (TPSA) is 96.3 Å². The summed E-state index contributed by atoms with van der Waals surface area (Å²) in [4.78, 5) is 16.4. The third-order valence-corrected chi connectivity index (χ3v) is 9.35. The number of halogens is 5. The van der Waals surface area contributed by atoms with Gasteiger partial charge in [-0.3, -0.25) is 4.99 Å². The van der Waals surface area contributed by atoms with Gasteiger partial charge in [0.1, 0.15) is 23.6 Å². The molecule has 0 radical (unpaired) electrons. The average Bonchev–Trinajstić information content (AvgIpc) is 3.17. The molecule has 0 spiro atoms. The van der Waals surface area contributed by atoms with E-state index in [1.54, 1.807) is 26.8 Å². The van der Waals surface area contributed by atoms with E-state index in [-0.39, 0.29) is 37.3 Å². The summed E-state index contributed by atoms with van der Waals surface area (Å²) in [5, 5.41) is 11.3. The van der Waals surface area contributed by atoms with Crippen LogP contribution < -0.4 is 0 Å². The van der Waals surface area contributed by atoms with Crippen molar-refractivity contribution < 1.29 is 36.2 Å². The Morgan fingerprint density at radius 1 is 1.12 bits per heavy atom. The van der Waals surface area contributed by atoms with Crippen LogP contribution in [0.15, 0.2) is 75.8 Å². The third-order valence-electron chi connectivity index (χ3n) is 6.81. The van der Waals surface area contributed by atoms with Crippen LogP contribution in [0.1, 0.15) is 56.6 Å². The van der Waals surface area contributed by atoms with Gasteiger partial charge in [0.15, 0.2) is 0 Å². The van der Waals surface area contributed by atoms with Crippen LogP contribution in [0.25, 0.3) is 0 Å². The Morgan fingerprint density at radius 3 is 2.29 bits per heavy atom. The van der Waals surface area contributed by atoms with E-state index in [0.29, 0.717) is 4.31 Å². The molecule has 2 aliphatic heterocycles.